The summed E-state index contributed by atoms with van der Waals surface area (Å²) in [7, 11) is 0. The SMILES string of the molecule is O=C(NCC(O)(c1cccs1)C1CC1)c1ccc([N+](=O)[O-])cc1Cl. The number of carbonyl (C=O) groups excluding carboxylic acids is 1. The van der Waals surface area contributed by atoms with E-state index in [1.807, 2.05) is 17.5 Å². The van der Waals surface area contributed by atoms with Crippen molar-refractivity contribution < 1.29 is 14.8 Å². The first kappa shape index (κ1) is 16.9. The highest BCUT2D eigenvalue weighted by Gasteiger charge is 2.46. The number of non-ortho nitro benzene ring substituents is 1. The fraction of sp³-hybridized carbons (Fsp3) is 0.312. The fourth-order valence-electron chi connectivity index (χ4n) is 2.63. The van der Waals surface area contributed by atoms with Gasteiger partial charge in [0.2, 0.25) is 0 Å². The van der Waals surface area contributed by atoms with Crippen LogP contribution in [0, 0.1) is 16.0 Å². The molecule has 0 saturated heterocycles. The Balaban J connectivity index is 1.74. The van der Waals surface area contributed by atoms with Crippen molar-refractivity contribution in [3.8, 4) is 0 Å². The monoisotopic (exact) mass is 366 g/mol. The molecule has 0 bridgehead atoms. The van der Waals surface area contributed by atoms with Crippen LogP contribution in [0.3, 0.4) is 0 Å². The molecule has 1 aliphatic rings. The van der Waals surface area contributed by atoms with Crippen LogP contribution in [-0.2, 0) is 5.60 Å². The van der Waals surface area contributed by atoms with Crippen LogP contribution in [-0.4, -0.2) is 22.5 Å². The van der Waals surface area contributed by atoms with Crippen molar-refractivity contribution in [2.75, 3.05) is 6.54 Å². The Morgan fingerprint density at radius 1 is 1.46 bits per heavy atom. The molecule has 0 spiro atoms. The van der Waals surface area contributed by atoms with Crippen LogP contribution in [0.15, 0.2) is 35.7 Å². The second-order valence-corrected chi connectivity index (χ2v) is 7.13. The zero-order valence-corrected chi connectivity index (χ0v) is 14.1. The van der Waals surface area contributed by atoms with Crippen molar-refractivity contribution in [1.29, 1.82) is 0 Å². The Hall–Kier alpha value is -1.96. The third-order valence-electron chi connectivity index (χ3n) is 4.13. The normalized spacial score (nSPS) is 16.4. The van der Waals surface area contributed by atoms with Gasteiger partial charge in [0.1, 0.15) is 5.60 Å². The molecule has 1 unspecified atom stereocenters. The van der Waals surface area contributed by atoms with Crippen LogP contribution in [0.25, 0.3) is 0 Å². The predicted molar refractivity (Wildman–Crippen MR) is 91.4 cm³/mol. The van der Waals surface area contributed by atoms with E-state index in [1.165, 1.54) is 23.5 Å². The van der Waals surface area contributed by atoms with E-state index >= 15 is 0 Å². The summed E-state index contributed by atoms with van der Waals surface area (Å²) in [5, 5.41) is 26.3. The molecule has 2 aromatic rings. The first-order valence-electron chi connectivity index (χ1n) is 7.40. The maximum absolute atomic E-state index is 12.3. The summed E-state index contributed by atoms with van der Waals surface area (Å²) in [4.78, 5) is 23.3. The van der Waals surface area contributed by atoms with E-state index in [-0.39, 0.29) is 28.7 Å². The lowest BCUT2D eigenvalue weighted by Gasteiger charge is -2.27. The first-order valence-corrected chi connectivity index (χ1v) is 8.66. The molecular weight excluding hydrogens is 352 g/mol. The zero-order chi connectivity index (χ0) is 17.3. The number of halogens is 1. The van der Waals surface area contributed by atoms with E-state index < -0.39 is 16.4 Å². The van der Waals surface area contributed by atoms with Crippen LogP contribution in [0.4, 0.5) is 5.69 Å². The molecule has 1 heterocycles. The number of rotatable bonds is 6. The molecule has 1 fully saturated rings. The van der Waals surface area contributed by atoms with Gasteiger partial charge in [0, 0.05) is 17.0 Å². The van der Waals surface area contributed by atoms with E-state index in [1.54, 1.807) is 0 Å². The van der Waals surface area contributed by atoms with Crippen LogP contribution >= 0.6 is 22.9 Å². The number of aliphatic hydroxyl groups is 1. The van der Waals surface area contributed by atoms with E-state index in [0.29, 0.717) is 0 Å². The van der Waals surface area contributed by atoms with E-state index in [4.69, 9.17) is 11.6 Å². The Morgan fingerprint density at radius 2 is 2.21 bits per heavy atom. The minimum atomic E-state index is -1.09. The van der Waals surface area contributed by atoms with Crippen molar-refractivity contribution in [2.45, 2.75) is 18.4 Å². The Bertz CT molecular complexity index is 776. The third-order valence-corrected chi connectivity index (χ3v) is 5.48. The van der Waals surface area contributed by atoms with Crippen molar-refractivity contribution in [3.05, 3.63) is 61.3 Å². The van der Waals surface area contributed by atoms with E-state index in [9.17, 15) is 20.0 Å². The van der Waals surface area contributed by atoms with Gasteiger partial charge in [-0.05, 0) is 36.3 Å². The molecule has 3 rings (SSSR count). The molecule has 126 valence electrons. The largest absolute Gasteiger partial charge is 0.382 e. The summed E-state index contributed by atoms with van der Waals surface area (Å²) in [6.45, 7) is 0.0737. The summed E-state index contributed by atoms with van der Waals surface area (Å²) < 4.78 is 0. The minimum Gasteiger partial charge on any atom is -0.382 e. The summed E-state index contributed by atoms with van der Waals surface area (Å²) in [5.74, 6) is -0.339. The molecule has 1 aliphatic carbocycles. The summed E-state index contributed by atoms with van der Waals surface area (Å²) in [5.41, 5.74) is -1.12. The van der Waals surface area contributed by atoms with Crippen LogP contribution in [0.5, 0.6) is 0 Å². The molecule has 1 atom stereocenters. The molecule has 24 heavy (non-hydrogen) atoms. The molecule has 1 saturated carbocycles. The van der Waals surface area contributed by atoms with Crippen LogP contribution in [0.2, 0.25) is 5.02 Å². The maximum Gasteiger partial charge on any atom is 0.270 e. The molecule has 0 radical (unpaired) electrons. The fourth-order valence-corrected chi connectivity index (χ4v) is 3.79. The molecule has 1 amide bonds. The van der Waals surface area contributed by atoms with Crippen molar-refractivity contribution in [3.63, 3.8) is 0 Å². The molecule has 8 heteroatoms. The van der Waals surface area contributed by atoms with Crippen LogP contribution < -0.4 is 5.32 Å². The molecule has 0 aliphatic heterocycles. The number of benzene rings is 1. The maximum atomic E-state index is 12.3. The molecule has 2 N–H and O–H groups in total. The molecule has 1 aromatic heterocycles. The topological polar surface area (TPSA) is 92.5 Å². The number of nitrogens with one attached hydrogen (secondary N) is 1. The number of hydrogen-bond donors (Lipinski definition) is 2. The van der Waals surface area contributed by atoms with Gasteiger partial charge in [-0.15, -0.1) is 11.3 Å². The lowest BCUT2D eigenvalue weighted by molar-refractivity contribution is -0.384. The van der Waals surface area contributed by atoms with Gasteiger partial charge in [0.25, 0.3) is 11.6 Å². The lowest BCUT2D eigenvalue weighted by atomic mass is 9.95. The van der Waals surface area contributed by atoms with Gasteiger partial charge in [-0.1, -0.05) is 17.7 Å². The summed E-state index contributed by atoms with van der Waals surface area (Å²) in [6, 6.07) is 7.41. The summed E-state index contributed by atoms with van der Waals surface area (Å²) >= 11 is 7.42. The highest BCUT2D eigenvalue weighted by atomic mass is 35.5. The lowest BCUT2D eigenvalue weighted by Crippen LogP contribution is -2.42. The number of amides is 1. The minimum absolute atomic E-state index is 0.00721. The zero-order valence-electron chi connectivity index (χ0n) is 12.6. The average molecular weight is 367 g/mol. The number of carbonyl (C=O) groups is 1. The number of nitro benzene ring substituents is 1. The highest BCUT2D eigenvalue weighted by molar-refractivity contribution is 7.10. The van der Waals surface area contributed by atoms with Crippen molar-refractivity contribution in [1.82, 2.24) is 5.32 Å². The standard InChI is InChI=1S/C16H15ClN2O4S/c17-13-8-11(19(22)23)5-6-12(13)15(20)18-9-16(21,10-3-4-10)14-2-1-7-24-14/h1-2,5-8,10,21H,3-4,9H2,(H,18,20). The van der Waals surface area contributed by atoms with Gasteiger partial charge in [0.05, 0.1) is 22.1 Å². The van der Waals surface area contributed by atoms with E-state index in [2.05, 4.69) is 5.32 Å². The van der Waals surface area contributed by atoms with Crippen molar-refractivity contribution >= 4 is 34.5 Å². The van der Waals surface area contributed by atoms with Gasteiger partial charge in [0.15, 0.2) is 0 Å². The Labute approximate surface area is 147 Å². The predicted octanol–water partition coefficient (Wildman–Crippen LogP) is 3.34. The van der Waals surface area contributed by atoms with Crippen molar-refractivity contribution in [2.24, 2.45) is 5.92 Å². The number of thiophene rings is 1. The van der Waals surface area contributed by atoms with Gasteiger partial charge in [-0.25, -0.2) is 0 Å². The van der Waals surface area contributed by atoms with E-state index in [0.717, 1.165) is 23.8 Å². The second-order valence-electron chi connectivity index (χ2n) is 5.78. The second kappa shape index (κ2) is 6.51. The quantitative estimate of drug-likeness (QED) is 0.605. The van der Waals surface area contributed by atoms with Gasteiger partial charge >= 0.3 is 0 Å². The van der Waals surface area contributed by atoms with Gasteiger partial charge < -0.3 is 10.4 Å². The molecule has 1 aromatic carbocycles. The average Bonchev–Trinajstić information content (AvgIpc) is 3.27. The summed E-state index contributed by atoms with van der Waals surface area (Å²) in [6.07, 6.45) is 1.84. The van der Waals surface area contributed by atoms with Gasteiger partial charge in [-0.2, -0.15) is 0 Å². The Kier molecular flexibility index (Phi) is 4.58. The van der Waals surface area contributed by atoms with Gasteiger partial charge in [-0.3, -0.25) is 14.9 Å². The highest BCUT2D eigenvalue weighted by Crippen LogP contribution is 2.46. The number of nitrogens with zero attached hydrogens (tertiary/aromatic N) is 1. The molecule has 6 nitrogen and oxygen atoms in total. The third kappa shape index (κ3) is 3.28. The number of nitro groups is 1. The molecular formula is C16H15ClN2O4S. The van der Waals surface area contributed by atoms with Crippen LogP contribution in [0.1, 0.15) is 28.1 Å². The first-order chi connectivity index (χ1) is 11.4. The smallest absolute Gasteiger partial charge is 0.270 e. The number of hydrogen-bond acceptors (Lipinski definition) is 5. The Morgan fingerprint density at radius 3 is 2.75 bits per heavy atom.